The number of rotatable bonds is 3. The maximum atomic E-state index is 13.1. The largest absolute Gasteiger partial charge is 0.506 e. The van der Waals surface area contributed by atoms with Crippen molar-refractivity contribution in [1.82, 2.24) is 9.80 Å². The van der Waals surface area contributed by atoms with E-state index in [1.807, 2.05) is 34.6 Å². The molecule has 1 aromatic rings. The summed E-state index contributed by atoms with van der Waals surface area (Å²) in [7, 11) is 0. The second-order valence-electron chi connectivity index (χ2n) is 8.30. The van der Waals surface area contributed by atoms with Crippen LogP contribution in [0, 0.1) is 0 Å². The molecular weight excluding hydrogens is 346 g/mol. The molecule has 1 aromatic carbocycles. The maximum Gasteiger partial charge on any atom is 0.410 e. The fourth-order valence-corrected chi connectivity index (χ4v) is 3.33. The van der Waals surface area contributed by atoms with Crippen LogP contribution in [0.2, 0.25) is 0 Å². The van der Waals surface area contributed by atoms with Gasteiger partial charge < -0.3 is 25.4 Å². The number of hydrogen-bond donors (Lipinski definition) is 2. The van der Waals surface area contributed by atoms with Gasteiger partial charge >= 0.3 is 6.09 Å². The first-order chi connectivity index (χ1) is 12.5. The standard InChI is InChI=1S/C20H31N3O4/c1-13(2)23(18(25)14-8-9-17(24)16(21)11-14)15-7-6-10-22(12-15)19(26)27-20(3,4)5/h8-9,11,13,15,24H,6-7,10,12,21H2,1-5H3/t15-/m1/s1. The van der Waals surface area contributed by atoms with Gasteiger partial charge in [-0.2, -0.15) is 0 Å². The molecule has 1 heterocycles. The van der Waals surface area contributed by atoms with Gasteiger partial charge in [0.25, 0.3) is 5.91 Å². The summed E-state index contributed by atoms with van der Waals surface area (Å²) in [4.78, 5) is 29.0. The van der Waals surface area contributed by atoms with E-state index in [9.17, 15) is 14.7 Å². The molecule has 3 N–H and O–H groups in total. The molecule has 1 atom stereocenters. The van der Waals surface area contributed by atoms with E-state index < -0.39 is 5.60 Å². The van der Waals surface area contributed by atoms with Crippen LogP contribution in [0.25, 0.3) is 0 Å². The molecule has 1 aliphatic rings. The summed E-state index contributed by atoms with van der Waals surface area (Å²) < 4.78 is 5.48. The number of ether oxygens (including phenoxy) is 1. The number of piperidine rings is 1. The molecule has 2 rings (SSSR count). The van der Waals surface area contributed by atoms with E-state index in [2.05, 4.69) is 0 Å². The highest BCUT2D eigenvalue weighted by molar-refractivity contribution is 5.96. The summed E-state index contributed by atoms with van der Waals surface area (Å²) in [5.41, 5.74) is 5.78. The molecule has 150 valence electrons. The quantitative estimate of drug-likeness (QED) is 0.623. The number of aromatic hydroxyl groups is 1. The molecule has 1 aliphatic heterocycles. The molecule has 0 radical (unpaired) electrons. The lowest BCUT2D eigenvalue weighted by Crippen LogP contribution is -2.54. The van der Waals surface area contributed by atoms with Gasteiger partial charge in [-0.25, -0.2) is 4.79 Å². The van der Waals surface area contributed by atoms with Crippen molar-refractivity contribution in [2.24, 2.45) is 0 Å². The number of nitrogens with zero attached hydrogens (tertiary/aromatic N) is 2. The number of nitrogen functional groups attached to an aromatic ring is 1. The third-order valence-electron chi connectivity index (χ3n) is 4.51. The molecule has 27 heavy (non-hydrogen) atoms. The highest BCUT2D eigenvalue weighted by atomic mass is 16.6. The van der Waals surface area contributed by atoms with Gasteiger partial charge in [-0.05, 0) is 65.7 Å². The number of benzene rings is 1. The van der Waals surface area contributed by atoms with Crippen LogP contribution in [0.1, 0.15) is 57.8 Å². The van der Waals surface area contributed by atoms with Gasteiger partial charge in [0.1, 0.15) is 11.4 Å². The Morgan fingerprint density at radius 1 is 1.33 bits per heavy atom. The number of likely N-dealkylation sites (tertiary alicyclic amines) is 1. The molecule has 2 amide bonds. The zero-order valence-corrected chi connectivity index (χ0v) is 16.9. The zero-order chi connectivity index (χ0) is 20.4. The van der Waals surface area contributed by atoms with Crippen LogP contribution in [0.3, 0.4) is 0 Å². The van der Waals surface area contributed by atoms with E-state index >= 15 is 0 Å². The Morgan fingerprint density at radius 2 is 2.00 bits per heavy atom. The Balaban J connectivity index is 2.19. The lowest BCUT2D eigenvalue weighted by Gasteiger charge is -2.41. The number of nitrogens with two attached hydrogens (primary N) is 1. The molecule has 7 heteroatoms. The van der Waals surface area contributed by atoms with E-state index in [0.717, 1.165) is 12.8 Å². The van der Waals surface area contributed by atoms with Crippen LogP contribution in [-0.4, -0.2) is 57.7 Å². The summed E-state index contributed by atoms with van der Waals surface area (Å²) in [6.45, 7) is 10.5. The van der Waals surface area contributed by atoms with Crippen LogP contribution in [0.15, 0.2) is 18.2 Å². The first-order valence-electron chi connectivity index (χ1n) is 9.38. The Bertz CT molecular complexity index is 697. The number of anilines is 1. The normalized spacial score (nSPS) is 17.7. The SMILES string of the molecule is CC(C)N(C(=O)c1ccc(O)c(N)c1)[C@@H]1CCCN(C(=O)OC(C)(C)C)C1. The fraction of sp³-hybridized carbons (Fsp3) is 0.600. The molecule has 0 saturated carbocycles. The van der Waals surface area contributed by atoms with E-state index in [-0.39, 0.29) is 35.5 Å². The first kappa shape index (κ1) is 20.9. The average Bonchev–Trinajstić information content (AvgIpc) is 2.56. The van der Waals surface area contributed by atoms with Gasteiger partial charge in [-0.1, -0.05) is 0 Å². The summed E-state index contributed by atoms with van der Waals surface area (Å²) in [5.74, 6) is -0.204. The van der Waals surface area contributed by atoms with Crippen LogP contribution < -0.4 is 5.73 Å². The van der Waals surface area contributed by atoms with Gasteiger partial charge in [0.2, 0.25) is 0 Å². The Kier molecular flexibility index (Phi) is 6.23. The third-order valence-corrected chi connectivity index (χ3v) is 4.51. The third kappa shape index (κ3) is 5.28. The Hall–Kier alpha value is -2.44. The van der Waals surface area contributed by atoms with Crippen LogP contribution >= 0.6 is 0 Å². The van der Waals surface area contributed by atoms with Crippen molar-refractivity contribution in [1.29, 1.82) is 0 Å². The molecule has 0 unspecified atom stereocenters. The Morgan fingerprint density at radius 3 is 2.56 bits per heavy atom. The zero-order valence-electron chi connectivity index (χ0n) is 16.9. The molecular formula is C20H31N3O4. The number of phenols is 1. The predicted molar refractivity (Wildman–Crippen MR) is 105 cm³/mol. The highest BCUT2D eigenvalue weighted by Gasteiger charge is 2.34. The highest BCUT2D eigenvalue weighted by Crippen LogP contribution is 2.25. The fourth-order valence-electron chi connectivity index (χ4n) is 3.33. The van der Waals surface area contributed by atoms with E-state index in [1.165, 1.54) is 12.1 Å². The van der Waals surface area contributed by atoms with Crippen LogP contribution in [0.4, 0.5) is 10.5 Å². The molecule has 0 aromatic heterocycles. The minimum absolute atomic E-state index is 0.0450. The minimum atomic E-state index is -0.554. The molecule has 1 fully saturated rings. The molecule has 7 nitrogen and oxygen atoms in total. The second-order valence-corrected chi connectivity index (χ2v) is 8.30. The predicted octanol–water partition coefficient (Wildman–Crippen LogP) is 3.22. The number of carbonyl (C=O) groups excluding carboxylic acids is 2. The summed E-state index contributed by atoms with van der Waals surface area (Å²) in [5, 5.41) is 9.60. The van der Waals surface area contributed by atoms with Gasteiger partial charge in [-0.3, -0.25) is 4.79 Å². The smallest absolute Gasteiger partial charge is 0.410 e. The summed E-state index contributed by atoms with van der Waals surface area (Å²) in [6.07, 6.45) is 1.27. The van der Waals surface area contributed by atoms with Crippen LogP contribution in [-0.2, 0) is 4.74 Å². The Labute approximate surface area is 161 Å². The van der Waals surface area contributed by atoms with E-state index in [0.29, 0.717) is 18.7 Å². The second kappa shape index (κ2) is 8.06. The van der Waals surface area contributed by atoms with Crippen molar-refractivity contribution < 1.29 is 19.4 Å². The van der Waals surface area contributed by atoms with E-state index in [4.69, 9.17) is 10.5 Å². The van der Waals surface area contributed by atoms with Crippen molar-refractivity contribution in [3.8, 4) is 5.75 Å². The maximum absolute atomic E-state index is 13.1. The summed E-state index contributed by atoms with van der Waals surface area (Å²) >= 11 is 0. The lowest BCUT2D eigenvalue weighted by atomic mass is 10.0. The van der Waals surface area contributed by atoms with Crippen molar-refractivity contribution in [3.63, 3.8) is 0 Å². The van der Waals surface area contributed by atoms with Crippen molar-refractivity contribution in [2.45, 2.75) is 65.1 Å². The van der Waals surface area contributed by atoms with Gasteiger partial charge in [0.05, 0.1) is 11.7 Å². The number of phenolic OH excluding ortho intramolecular Hbond substituents is 1. The molecule has 0 spiro atoms. The monoisotopic (exact) mass is 377 g/mol. The topological polar surface area (TPSA) is 96.1 Å². The van der Waals surface area contributed by atoms with Crippen LogP contribution in [0.5, 0.6) is 5.75 Å². The number of carbonyl (C=O) groups is 2. The molecule has 0 bridgehead atoms. The molecule has 0 aliphatic carbocycles. The van der Waals surface area contributed by atoms with Gasteiger partial charge in [-0.15, -0.1) is 0 Å². The van der Waals surface area contributed by atoms with E-state index in [1.54, 1.807) is 15.9 Å². The lowest BCUT2D eigenvalue weighted by molar-refractivity contribution is 0.00752. The minimum Gasteiger partial charge on any atom is -0.506 e. The van der Waals surface area contributed by atoms with Gasteiger partial charge in [0, 0.05) is 24.7 Å². The van der Waals surface area contributed by atoms with Gasteiger partial charge in [0.15, 0.2) is 0 Å². The number of amides is 2. The van der Waals surface area contributed by atoms with Crippen molar-refractivity contribution >= 4 is 17.7 Å². The summed E-state index contributed by atoms with van der Waals surface area (Å²) in [6, 6.07) is 4.33. The first-order valence-corrected chi connectivity index (χ1v) is 9.38. The molecule has 1 saturated heterocycles. The number of hydrogen-bond acceptors (Lipinski definition) is 5. The van der Waals surface area contributed by atoms with Crippen molar-refractivity contribution in [3.05, 3.63) is 23.8 Å². The van der Waals surface area contributed by atoms with Crippen molar-refractivity contribution in [2.75, 3.05) is 18.8 Å². The average molecular weight is 377 g/mol.